The number of nitrogens with one attached hydrogen (secondary N) is 1. The molecule has 2 aromatic carbocycles. The third kappa shape index (κ3) is 4.88. The van der Waals surface area contributed by atoms with E-state index in [0.29, 0.717) is 11.2 Å². The molecule has 0 radical (unpaired) electrons. The minimum absolute atomic E-state index is 0.0138. The lowest BCUT2D eigenvalue weighted by Gasteiger charge is -2.13. The highest BCUT2D eigenvalue weighted by Crippen LogP contribution is 2.31. The van der Waals surface area contributed by atoms with Gasteiger partial charge in [0.05, 0.1) is 11.3 Å². The Morgan fingerprint density at radius 2 is 1.79 bits per heavy atom. The molecule has 0 aliphatic heterocycles. The van der Waals surface area contributed by atoms with Crippen molar-refractivity contribution in [1.82, 2.24) is 19.5 Å². The van der Waals surface area contributed by atoms with E-state index in [-0.39, 0.29) is 30.6 Å². The molecule has 0 fully saturated rings. The molecule has 0 spiro atoms. The van der Waals surface area contributed by atoms with Crippen LogP contribution in [0.5, 0.6) is 0 Å². The van der Waals surface area contributed by atoms with Crippen LogP contribution in [-0.4, -0.2) is 20.1 Å². The van der Waals surface area contributed by atoms with Gasteiger partial charge in [-0.25, -0.2) is 4.52 Å². The van der Waals surface area contributed by atoms with Gasteiger partial charge in [0.2, 0.25) is 5.91 Å². The van der Waals surface area contributed by atoms with Gasteiger partial charge in [0.1, 0.15) is 5.52 Å². The lowest BCUT2D eigenvalue weighted by molar-refractivity contribution is -0.138. The van der Waals surface area contributed by atoms with E-state index in [4.69, 9.17) is 0 Å². The fourth-order valence-electron chi connectivity index (χ4n) is 3.70. The maximum atomic E-state index is 13.1. The van der Waals surface area contributed by atoms with Crippen molar-refractivity contribution in [1.29, 1.82) is 0 Å². The molecule has 2 aromatic heterocycles. The number of carbonyl (C=O) groups is 1. The van der Waals surface area contributed by atoms with Gasteiger partial charge in [-0.1, -0.05) is 30.3 Å². The first-order valence-corrected chi connectivity index (χ1v) is 10.7. The zero-order valence-electron chi connectivity index (χ0n) is 18.7. The summed E-state index contributed by atoms with van der Waals surface area (Å²) in [5.74, 6) is -0.451. The lowest BCUT2D eigenvalue weighted by Crippen LogP contribution is -2.28. The monoisotopic (exact) mass is 468 g/mol. The molecule has 0 saturated heterocycles. The summed E-state index contributed by atoms with van der Waals surface area (Å²) in [4.78, 5) is 25.1. The largest absolute Gasteiger partial charge is 0.416 e. The van der Waals surface area contributed by atoms with Gasteiger partial charge in [-0.15, -0.1) is 0 Å². The van der Waals surface area contributed by atoms with E-state index in [2.05, 4.69) is 10.4 Å². The minimum atomic E-state index is -4.49. The number of halogens is 3. The number of nitrogens with zero attached hydrogens (tertiary/aromatic N) is 3. The molecule has 176 valence electrons. The van der Waals surface area contributed by atoms with Gasteiger partial charge < -0.3 is 9.88 Å². The van der Waals surface area contributed by atoms with E-state index in [1.165, 1.54) is 27.3 Å². The van der Waals surface area contributed by atoms with Crippen molar-refractivity contribution in [2.45, 2.75) is 39.5 Å². The molecular weight excluding hydrogens is 445 g/mol. The van der Waals surface area contributed by atoms with Crippen molar-refractivity contribution in [3.05, 3.63) is 93.5 Å². The van der Waals surface area contributed by atoms with Crippen LogP contribution in [0.25, 0.3) is 16.8 Å². The number of aromatic nitrogens is 3. The molecule has 0 aliphatic rings. The van der Waals surface area contributed by atoms with E-state index in [9.17, 15) is 22.8 Å². The highest BCUT2D eigenvalue weighted by atomic mass is 19.4. The van der Waals surface area contributed by atoms with Crippen LogP contribution < -0.4 is 10.9 Å². The average Bonchev–Trinajstić information content (AvgIpc) is 3.24. The quantitative estimate of drug-likeness (QED) is 0.453. The number of aryl methyl sites for hydroxylation is 3. The third-order valence-electron chi connectivity index (χ3n) is 5.78. The molecule has 6 nitrogen and oxygen atoms in total. The van der Waals surface area contributed by atoms with Gasteiger partial charge in [-0.05, 0) is 48.7 Å². The summed E-state index contributed by atoms with van der Waals surface area (Å²) in [5.41, 5.74) is 3.12. The van der Waals surface area contributed by atoms with Crippen LogP contribution in [-0.2, 0) is 24.1 Å². The molecular formula is C25H23F3N4O2. The fraction of sp³-hybridized carbons (Fsp3) is 0.240. The molecule has 1 N–H and O–H groups in total. The predicted octanol–water partition coefficient (Wildman–Crippen LogP) is 4.51. The molecule has 0 aliphatic carbocycles. The van der Waals surface area contributed by atoms with Crippen LogP contribution in [0.15, 0.2) is 65.7 Å². The number of benzene rings is 2. The number of hydrogen-bond acceptors (Lipinski definition) is 3. The van der Waals surface area contributed by atoms with Crippen LogP contribution in [0.2, 0.25) is 0 Å². The van der Waals surface area contributed by atoms with E-state index >= 15 is 0 Å². The summed E-state index contributed by atoms with van der Waals surface area (Å²) in [5, 5.41) is 6.98. The topological polar surface area (TPSA) is 68.4 Å². The standard InChI is InChI=1S/C25H23F3N4O2/c1-16-7-8-18(13-17(16)2)21-14-22-24(34)31(11-12-32(22)30-21)10-9-23(33)29-15-19-5-3-4-6-20(19)25(26,27)28/h3-8,11-14H,9-10,15H2,1-2H3,(H,29,33). The smallest absolute Gasteiger partial charge is 0.352 e. The summed E-state index contributed by atoms with van der Waals surface area (Å²) in [7, 11) is 0. The van der Waals surface area contributed by atoms with Crippen molar-refractivity contribution in [3.63, 3.8) is 0 Å². The number of fused-ring (bicyclic) bond motifs is 1. The Hall–Kier alpha value is -3.88. The number of alkyl halides is 3. The highest BCUT2D eigenvalue weighted by molar-refractivity contribution is 5.75. The van der Waals surface area contributed by atoms with E-state index in [1.807, 2.05) is 32.0 Å². The third-order valence-corrected chi connectivity index (χ3v) is 5.78. The highest BCUT2D eigenvalue weighted by Gasteiger charge is 2.32. The maximum absolute atomic E-state index is 13.1. The first kappa shape index (κ1) is 23.3. The summed E-state index contributed by atoms with van der Waals surface area (Å²) >= 11 is 0. The summed E-state index contributed by atoms with van der Waals surface area (Å²) in [6.45, 7) is 3.87. The summed E-state index contributed by atoms with van der Waals surface area (Å²) < 4.78 is 42.2. The van der Waals surface area contributed by atoms with Gasteiger partial charge in [0.25, 0.3) is 5.56 Å². The Morgan fingerprint density at radius 3 is 2.53 bits per heavy atom. The Labute approximate surface area is 193 Å². The molecule has 34 heavy (non-hydrogen) atoms. The Kier molecular flexibility index (Phi) is 6.28. The second kappa shape index (κ2) is 9.17. The molecule has 9 heteroatoms. The second-order valence-electron chi connectivity index (χ2n) is 8.14. The lowest BCUT2D eigenvalue weighted by atomic mass is 10.0. The average molecular weight is 468 g/mol. The van der Waals surface area contributed by atoms with Gasteiger partial charge in [0.15, 0.2) is 0 Å². The van der Waals surface area contributed by atoms with Crippen LogP contribution in [0.1, 0.15) is 28.7 Å². The second-order valence-corrected chi connectivity index (χ2v) is 8.14. The number of carbonyl (C=O) groups excluding carboxylic acids is 1. The number of amides is 1. The summed E-state index contributed by atoms with van der Waals surface area (Å²) in [6.07, 6.45) is -1.37. The summed E-state index contributed by atoms with van der Waals surface area (Å²) in [6, 6.07) is 12.8. The zero-order valence-corrected chi connectivity index (χ0v) is 18.7. The van der Waals surface area contributed by atoms with E-state index in [0.717, 1.165) is 22.8 Å². The molecule has 1 amide bonds. The molecule has 0 saturated carbocycles. The Bertz CT molecular complexity index is 1420. The molecule has 0 atom stereocenters. The predicted molar refractivity (Wildman–Crippen MR) is 122 cm³/mol. The van der Waals surface area contributed by atoms with E-state index in [1.54, 1.807) is 18.5 Å². The molecule has 0 unspecified atom stereocenters. The normalized spacial score (nSPS) is 11.7. The molecule has 2 heterocycles. The molecule has 4 aromatic rings. The SMILES string of the molecule is Cc1ccc(-c2cc3c(=O)n(CCC(=O)NCc4ccccc4C(F)(F)F)ccn3n2)cc1C. The Morgan fingerprint density at radius 1 is 1.03 bits per heavy atom. The van der Waals surface area contributed by atoms with Crippen LogP contribution in [0, 0.1) is 13.8 Å². The van der Waals surface area contributed by atoms with Crippen molar-refractivity contribution < 1.29 is 18.0 Å². The molecule has 4 rings (SSSR count). The minimum Gasteiger partial charge on any atom is -0.352 e. The Balaban J connectivity index is 1.45. The van der Waals surface area contributed by atoms with Crippen LogP contribution in [0.3, 0.4) is 0 Å². The first-order valence-electron chi connectivity index (χ1n) is 10.7. The number of hydrogen-bond donors (Lipinski definition) is 1. The van der Waals surface area contributed by atoms with E-state index < -0.39 is 17.6 Å². The fourth-order valence-corrected chi connectivity index (χ4v) is 3.70. The van der Waals surface area contributed by atoms with Gasteiger partial charge >= 0.3 is 6.18 Å². The number of rotatable bonds is 6. The van der Waals surface area contributed by atoms with Crippen LogP contribution >= 0.6 is 0 Å². The van der Waals surface area contributed by atoms with Crippen molar-refractivity contribution in [2.24, 2.45) is 0 Å². The van der Waals surface area contributed by atoms with Crippen molar-refractivity contribution in [2.75, 3.05) is 0 Å². The van der Waals surface area contributed by atoms with Crippen molar-refractivity contribution in [3.8, 4) is 11.3 Å². The zero-order chi connectivity index (χ0) is 24.5. The van der Waals surface area contributed by atoms with Gasteiger partial charge in [-0.3, -0.25) is 9.59 Å². The van der Waals surface area contributed by atoms with Crippen molar-refractivity contribution >= 4 is 11.4 Å². The van der Waals surface area contributed by atoms with Gasteiger partial charge in [0, 0.05) is 37.5 Å². The van der Waals surface area contributed by atoms with Crippen LogP contribution in [0.4, 0.5) is 13.2 Å². The first-order chi connectivity index (χ1) is 16.1. The maximum Gasteiger partial charge on any atom is 0.416 e. The molecule has 0 bridgehead atoms. The van der Waals surface area contributed by atoms with Gasteiger partial charge in [-0.2, -0.15) is 18.3 Å².